The SMILES string of the molecule is Cc1ccc(-c2nnc(SCC(=O)Nc3ccc(CC#N)cc3)n2N)cc1. The van der Waals surface area contributed by atoms with Crippen molar-refractivity contribution in [2.75, 3.05) is 16.9 Å². The molecule has 3 aromatic rings. The van der Waals surface area contributed by atoms with Gasteiger partial charge in [0.15, 0.2) is 5.82 Å². The normalized spacial score (nSPS) is 10.4. The third-order valence-electron chi connectivity index (χ3n) is 3.83. The summed E-state index contributed by atoms with van der Waals surface area (Å²) in [6.45, 7) is 2.01. The molecule has 1 aromatic heterocycles. The van der Waals surface area contributed by atoms with E-state index in [9.17, 15) is 4.79 Å². The summed E-state index contributed by atoms with van der Waals surface area (Å²) in [6, 6.07) is 17.1. The van der Waals surface area contributed by atoms with Crippen LogP contribution < -0.4 is 11.2 Å². The van der Waals surface area contributed by atoms with Crippen molar-refractivity contribution in [2.45, 2.75) is 18.5 Å². The van der Waals surface area contributed by atoms with Crippen LogP contribution in [0.5, 0.6) is 0 Å². The van der Waals surface area contributed by atoms with E-state index >= 15 is 0 Å². The first-order chi connectivity index (χ1) is 13.1. The standard InChI is InChI=1S/C19H18N6OS/c1-13-2-6-15(7-3-13)18-23-24-19(25(18)21)27-12-17(26)22-16-8-4-14(5-9-16)10-11-20/h2-9H,10,12,21H2,1H3,(H,22,26). The van der Waals surface area contributed by atoms with E-state index in [1.807, 2.05) is 43.3 Å². The summed E-state index contributed by atoms with van der Waals surface area (Å²) >= 11 is 1.21. The zero-order valence-corrected chi connectivity index (χ0v) is 15.5. The zero-order chi connectivity index (χ0) is 19.2. The number of thioether (sulfide) groups is 1. The first kappa shape index (κ1) is 18.5. The second-order valence-corrected chi connectivity index (χ2v) is 6.85. The summed E-state index contributed by atoms with van der Waals surface area (Å²) in [4.78, 5) is 12.1. The van der Waals surface area contributed by atoms with Gasteiger partial charge in [-0.05, 0) is 24.6 Å². The Kier molecular flexibility index (Phi) is 5.74. The monoisotopic (exact) mass is 378 g/mol. The molecule has 0 bridgehead atoms. The molecule has 2 aromatic carbocycles. The van der Waals surface area contributed by atoms with Crippen molar-refractivity contribution >= 4 is 23.4 Å². The van der Waals surface area contributed by atoms with Gasteiger partial charge in [-0.25, -0.2) is 4.68 Å². The molecule has 0 fully saturated rings. The van der Waals surface area contributed by atoms with E-state index in [1.54, 1.807) is 12.1 Å². The minimum atomic E-state index is -0.173. The quantitative estimate of drug-likeness (QED) is 0.504. The number of nitrogens with one attached hydrogen (secondary N) is 1. The molecular formula is C19H18N6OS. The van der Waals surface area contributed by atoms with Gasteiger partial charge in [-0.1, -0.05) is 53.7 Å². The van der Waals surface area contributed by atoms with Crippen LogP contribution in [0.25, 0.3) is 11.4 Å². The molecular weight excluding hydrogens is 360 g/mol. The Hall–Kier alpha value is -3.31. The number of benzene rings is 2. The van der Waals surface area contributed by atoms with Crippen LogP contribution in [0.1, 0.15) is 11.1 Å². The highest BCUT2D eigenvalue weighted by atomic mass is 32.2. The number of anilines is 1. The van der Waals surface area contributed by atoms with Crippen LogP contribution in [0.4, 0.5) is 5.69 Å². The Morgan fingerprint density at radius 2 is 1.89 bits per heavy atom. The largest absolute Gasteiger partial charge is 0.335 e. The lowest BCUT2D eigenvalue weighted by molar-refractivity contribution is -0.113. The van der Waals surface area contributed by atoms with Gasteiger partial charge in [0.05, 0.1) is 18.2 Å². The van der Waals surface area contributed by atoms with Gasteiger partial charge in [0.25, 0.3) is 0 Å². The number of carbonyl (C=O) groups is 1. The topological polar surface area (TPSA) is 110 Å². The van der Waals surface area contributed by atoms with Crippen LogP contribution in [-0.4, -0.2) is 26.5 Å². The minimum absolute atomic E-state index is 0.156. The summed E-state index contributed by atoms with van der Waals surface area (Å²) in [7, 11) is 0. The van der Waals surface area contributed by atoms with Gasteiger partial charge < -0.3 is 11.2 Å². The molecule has 136 valence electrons. The van der Waals surface area contributed by atoms with Crippen LogP contribution in [-0.2, 0) is 11.2 Å². The van der Waals surface area contributed by atoms with Crippen molar-refractivity contribution < 1.29 is 4.79 Å². The smallest absolute Gasteiger partial charge is 0.234 e. The van der Waals surface area contributed by atoms with Crippen molar-refractivity contribution in [3.8, 4) is 17.5 Å². The molecule has 0 unspecified atom stereocenters. The van der Waals surface area contributed by atoms with E-state index in [2.05, 4.69) is 21.6 Å². The molecule has 3 N–H and O–H groups in total. The molecule has 0 saturated heterocycles. The molecule has 3 rings (SSSR count). The molecule has 0 atom stereocenters. The maximum absolute atomic E-state index is 12.1. The van der Waals surface area contributed by atoms with Crippen LogP contribution in [0.3, 0.4) is 0 Å². The zero-order valence-electron chi connectivity index (χ0n) is 14.7. The molecule has 7 nitrogen and oxygen atoms in total. The van der Waals surface area contributed by atoms with E-state index in [1.165, 1.54) is 16.4 Å². The summed E-state index contributed by atoms with van der Waals surface area (Å²) in [5, 5.41) is 20.1. The van der Waals surface area contributed by atoms with Gasteiger partial charge in [0, 0.05) is 11.3 Å². The predicted molar refractivity (Wildman–Crippen MR) is 105 cm³/mol. The second kappa shape index (κ2) is 8.38. The summed E-state index contributed by atoms with van der Waals surface area (Å²) < 4.78 is 1.39. The van der Waals surface area contributed by atoms with Gasteiger partial charge in [-0.2, -0.15) is 5.26 Å². The van der Waals surface area contributed by atoms with Crippen LogP contribution in [0.2, 0.25) is 0 Å². The Morgan fingerprint density at radius 1 is 1.19 bits per heavy atom. The number of aryl methyl sites for hydroxylation is 1. The van der Waals surface area contributed by atoms with Crippen molar-refractivity contribution in [1.82, 2.24) is 14.9 Å². The van der Waals surface area contributed by atoms with E-state index in [0.29, 0.717) is 23.1 Å². The summed E-state index contributed by atoms with van der Waals surface area (Å²) in [5.74, 6) is 6.60. The molecule has 27 heavy (non-hydrogen) atoms. The Labute approximate surface area is 161 Å². The van der Waals surface area contributed by atoms with E-state index in [-0.39, 0.29) is 11.7 Å². The Bertz CT molecular complexity index is 973. The number of rotatable bonds is 6. The number of nitriles is 1. The number of amides is 1. The lowest BCUT2D eigenvalue weighted by atomic mass is 10.1. The summed E-state index contributed by atoms with van der Waals surface area (Å²) in [6.07, 6.45) is 0.347. The maximum Gasteiger partial charge on any atom is 0.234 e. The van der Waals surface area contributed by atoms with Crippen molar-refractivity contribution in [1.29, 1.82) is 5.26 Å². The maximum atomic E-state index is 12.1. The first-order valence-electron chi connectivity index (χ1n) is 8.23. The third-order valence-corrected chi connectivity index (χ3v) is 4.77. The van der Waals surface area contributed by atoms with E-state index in [4.69, 9.17) is 11.1 Å². The van der Waals surface area contributed by atoms with Gasteiger partial charge in [-0.15, -0.1) is 10.2 Å². The first-order valence-corrected chi connectivity index (χ1v) is 9.21. The fourth-order valence-electron chi connectivity index (χ4n) is 2.40. The van der Waals surface area contributed by atoms with E-state index in [0.717, 1.165) is 16.7 Å². The van der Waals surface area contributed by atoms with Gasteiger partial charge in [-0.3, -0.25) is 4.79 Å². The molecule has 8 heteroatoms. The van der Waals surface area contributed by atoms with Crippen LogP contribution in [0, 0.1) is 18.3 Å². The lowest BCUT2D eigenvalue weighted by Gasteiger charge is -2.06. The average Bonchev–Trinajstić information content (AvgIpc) is 3.03. The number of nitrogens with two attached hydrogens (primary N) is 1. The fourth-order valence-corrected chi connectivity index (χ4v) is 3.06. The van der Waals surface area contributed by atoms with Gasteiger partial charge >= 0.3 is 0 Å². The molecule has 0 aliphatic rings. The summed E-state index contributed by atoms with van der Waals surface area (Å²) in [5.41, 5.74) is 3.60. The molecule has 0 radical (unpaired) electrons. The molecule has 1 heterocycles. The molecule has 0 aliphatic carbocycles. The van der Waals surface area contributed by atoms with Crippen molar-refractivity contribution in [3.05, 3.63) is 59.7 Å². The Balaban J connectivity index is 1.59. The second-order valence-electron chi connectivity index (χ2n) is 5.91. The van der Waals surface area contributed by atoms with Crippen molar-refractivity contribution in [2.24, 2.45) is 0 Å². The fraction of sp³-hybridized carbons (Fsp3) is 0.158. The van der Waals surface area contributed by atoms with Crippen LogP contribution >= 0.6 is 11.8 Å². The van der Waals surface area contributed by atoms with E-state index < -0.39 is 0 Å². The van der Waals surface area contributed by atoms with Gasteiger partial charge in [0.2, 0.25) is 11.1 Å². The van der Waals surface area contributed by atoms with Gasteiger partial charge in [0.1, 0.15) is 0 Å². The Morgan fingerprint density at radius 3 is 2.56 bits per heavy atom. The minimum Gasteiger partial charge on any atom is -0.335 e. The lowest BCUT2D eigenvalue weighted by Crippen LogP contribution is -2.16. The third kappa shape index (κ3) is 4.65. The highest BCUT2D eigenvalue weighted by Gasteiger charge is 2.13. The number of carbonyl (C=O) groups excluding carboxylic acids is 1. The molecule has 0 spiro atoms. The van der Waals surface area contributed by atoms with Crippen molar-refractivity contribution in [3.63, 3.8) is 0 Å². The number of hydrogen-bond donors (Lipinski definition) is 2. The highest BCUT2D eigenvalue weighted by molar-refractivity contribution is 7.99. The average molecular weight is 378 g/mol. The molecule has 0 aliphatic heterocycles. The molecule has 1 amide bonds. The highest BCUT2D eigenvalue weighted by Crippen LogP contribution is 2.22. The molecule has 0 saturated carbocycles. The number of nitrogen functional groups attached to an aromatic ring is 1. The predicted octanol–water partition coefficient (Wildman–Crippen LogP) is 2.76. The number of hydrogen-bond acceptors (Lipinski definition) is 6. The number of aromatic nitrogens is 3. The number of nitrogens with zero attached hydrogens (tertiary/aromatic N) is 4. The van der Waals surface area contributed by atoms with Crippen LogP contribution in [0.15, 0.2) is 53.7 Å².